The molecule has 0 radical (unpaired) electrons. The van der Waals surface area contributed by atoms with E-state index in [4.69, 9.17) is 16.3 Å². The highest BCUT2D eigenvalue weighted by molar-refractivity contribution is 6.90. The number of ether oxygens (including phenoxy) is 1. The normalized spacial score (nSPS) is 39.8. The molecule has 28 heavy (non-hydrogen) atoms. The van der Waals surface area contributed by atoms with Gasteiger partial charge >= 0.3 is 0 Å². The van der Waals surface area contributed by atoms with Crippen LogP contribution >= 0.6 is 11.6 Å². The molecule has 1 rings (SSSR count). The van der Waals surface area contributed by atoms with Gasteiger partial charge in [0.1, 0.15) is 21.8 Å². The molecular formula is C18H43ClO5Si4. The molecule has 1 aliphatic heterocycles. The summed E-state index contributed by atoms with van der Waals surface area (Å²) in [5, 5.41) is 43.0. The predicted molar refractivity (Wildman–Crippen MR) is 129 cm³/mol. The number of halogens is 1. The fourth-order valence-electron chi connectivity index (χ4n) is 4.74. The summed E-state index contributed by atoms with van der Waals surface area (Å²) in [6.07, 6.45) is -1.04. The SMILES string of the molecule is C[Si](C)(C)C(O)[C@H]1O[C@H](Cl)[C@@](O)([Si](C)(C)C)[C@](O)([Si](C)(C)C)[C@@]1(O)[Si](C)(C)C. The highest BCUT2D eigenvalue weighted by atomic mass is 35.5. The first-order valence-corrected chi connectivity index (χ1v) is 24.6. The fraction of sp³-hybridized carbons (Fsp3) is 1.00. The van der Waals surface area contributed by atoms with Crippen LogP contribution in [-0.2, 0) is 4.74 Å². The Balaban J connectivity index is 4.08. The predicted octanol–water partition coefficient (Wildman–Crippen LogP) is 3.01. The fourth-order valence-corrected chi connectivity index (χ4v) is 19.0. The van der Waals surface area contributed by atoms with Crippen molar-refractivity contribution in [1.82, 2.24) is 0 Å². The van der Waals surface area contributed by atoms with E-state index in [-0.39, 0.29) is 0 Å². The summed E-state index contributed by atoms with van der Waals surface area (Å²) in [5.41, 5.74) is -2.14. The molecule has 5 nitrogen and oxygen atoms in total. The van der Waals surface area contributed by atoms with Crippen LogP contribution < -0.4 is 0 Å². The van der Waals surface area contributed by atoms with Crippen LogP contribution in [0, 0.1) is 0 Å². The van der Waals surface area contributed by atoms with Gasteiger partial charge in [-0.25, -0.2) is 0 Å². The average Bonchev–Trinajstić information content (AvgIpc) is 2.43. The first-order valence-electron chi connectivity index (χ1n) is 10.1. The molecular weight excluding hydrogens is 444 g/mol. The van der Waals surface area contributed by atoms with Gasteiger partial charge < -0.3 is 25.2 Å². The van der Waals surface area contributed by atoms with Gasteiger partial charge in [-0.1, -0.05) is 90.2 Å². The van der Waals surface area contributed by atoms with E-state index in [0.29, 0.717) is 0 Å². The standard InChI is InChI=1S/C18H43ClO5Si4/c1-25(2,3)14(20)13-16(21,26(4,5)6)18(23,28(10,11)12)17(22,15(19)24-13)27(7,8)9/h13-15,20-23H,1-12H3/t13-,14?,15+,16+,17-,18-/m1/s1. The van der Waals surface area contributed by atoms with Gasteiger partial charge in [0.05, 0.1) is 38.0 Å². The van der Waals surface area contributed by atoms with Gasteiger partial charge in [-0.15, -0.1) is 0 Å². The molecule has 1 saturated heterocycles. The number of alkyl halides is 1. The quantitative estimate of drug-likeness (QED) is 0.354. The van der Waals surface area contributed by atoms with Crippen molar-refractivity contribution >= 4 is 43.9 Å². The summed E-state index contributed by atoms with van der Waals surface area (Å²) >= 11 is 6.70. The van der Waals surface area contributed by atoms with Gasteiger partial charge in [0, 0.05) is 0 Å². The molecule has 6 atom stereocenters. The highest BCUT2D eigenvalue weighted by Gasteiger charge is 2.81. The Morgan fingerprint density at radius 2 is 1.07 bits per heavy atom. The maximum Gasteiger partial charge on any atom is 0.159 e. The topological polar surface area (TPSA) is 90.2 Å². The van der Waals surface area contributed by atoms with E-state index in [1.54, 1.807) is 0 Å². The van der Waals surface area contributed by atoms with Crippen molar-refractivity contribution in [3.63, 3.8) is 0 Å². The van der Waals surface area contributed by atoms with E-state index in [9.17, 15) is 20.4 Å². The summed E-state index contributed by atoms with van der Waals surface area (Å²) in [5.74, 6) is 0. The lowest BCUT2D eigenvalue weighted by Crippen LogP contribution is -2.95. The van der Waals surface area contributed by atoms with Gasteiger partial charge in [0.15, 0.2) is 5.56 Å². The maximum atomic E-state index is 12.5. The molecule has 0 spiro atoms. The van der Waals surface area contributed by atoms with E-state index in [1.165, 1.54) is 0 Å². The second kappa shape index (κ2) is 7.24. The van der Waals surface area contributed by atoms with E-state index in [0.717, 1.165) is 0 Å². The Bertz CT molecular complexity index is 595. The lowest BCUT2D eigenvalue weighted by molar-refractivity contribution is -0.276. The Morgan fingerprint density at radius 1 is 0.714 bits per heavy atom. The molecule has 0 bridgehead atoms. The number of aliphatic hydroxyl groups excluding tert-OH is 1. The lowest BCUT2D eigenvalue weighted by atomic mass is 9.96. The molecule has 0 aromatic heterocycles. The molecule has 0 saturated carbocycles. The van der Waals surface area contributed by atoms with Gasteiger partial charge in [-0.05, 0) is 0 Å². The van der Waals surface area contributed by atoms with Crippen LogP contribution in [0.1, 0.15) is 0 Å². The molecule has 168 valence electrons. The van der Waals surface area contributed by atoms with Crippen LogP contribution in [0.5, 0.6) is 0 Å². The van der Waals surface area contributed by atoms with Gasteiger partial charge in [-0.2, -0.15) is 0 Å². The maximum absolute atomic E-state index is 12.5. The highest BCUT2D eigenvalue weighted by Crippen LogP contribution is 2.57. The van der Waals surface area contributed by atoms with Gasteiger partial charge in [0.25, 0.3) is 0 Å². The molecule has 1 fully saturated rings. The van der Waals surface area contributed by atoms with Crippen molar-refractivity contribution in [2.75, 3.05) is 0 Å². The molecule has 1 aliphatic rings. The minimum atomic E-state index is -2.69. The van der Waals surface area contributed by atoms with E-state index in [2.05, 4.69) is 0 Å². The third-order valence-corrected chi connectivity index (χ3v) is 18.6. The lowest BCUT2D eigenvalue weighted by Gasteiger charge is -2.70. The second-order valence-corrected chi connectivity index (χ2v) is 34.1. The molecule has 0 aromatic carbocycles. The van der Waals surface area contributed by atoms with Crippen LogP contribution in [-0.4, -0.2) is 85.8 Å². The monoisotopic (exact) mass is 486 g/mol. The minimum absolute atomic E-state index is 0.931. The zero-order valence-corrected chi connectivity index (χ0v) is 24.6. The van der Waals surface area contributed by atoms with Crippen molar-refractivity contribution < 1.29 is 25.2 Å². The van der Waals surface area contributed by atoms with Crippen LogP contribution in [0.25, 0.3) is 0 Å². The smallest absolute Gasteiger partial charge is 0.159 e. The number of hydrogen-bond acceptors (Lipinski definition) is 5. The third kappa shape index (κ3) is 3.51. The molecule has 10 heteroatoms. The van der Waals surface area contributed by atoms with E-state index < -0.39 is 65.4 Å². The first kappa shape index (κ1) is 27.0. The van der Waals surface area contributed by atoms with Crippen molar-refractivity contribution in [3.8, 4) is 0 Å². The van der Waals surface area contributed by atoms with Gasteiger partial charge in [0.2, 0.25) is 0 Å². The van der Waals surface area contributed by atoms with Crippen LogP contribution in [0.15, 0.2) is 0 Å². The zero-order valence-electron chi connectivity index (χ0n) is 19.8. The van der Waals surface area contributed by atoms with Crippen molar-refractivity contribution in [2.45, 2.75) is 112 Å². The summed E-state index contributed by atoms with van der Waals surface area (Å²) in [6, 6.07) is 0. The van der Waals surface area contributed by atoms with E-state index in [1.807, 2.05) is 78.6 Å². The first-order chi connectivity index (χ1) is 11.9. The molecule has 1 unspecified atom stereocenters. The summed E-state index contributed by atoms with van der Waals surface area (Å²) in [7, 11) is -10.1. The van der Waals surface area contributed by atoms with Crippen molar-refractivity contribution in [3.05, 3.63) is 0 Å². The Labute approximate surface area is 180 Å². The summed E-state index contributed by atoms with van der Waals surface area (Å²) in [6.45, 7) is 23.6. The third-order valence-electron chi connectivity index (χ3n) is 6.66. The molecule has 1 heterocycles. The van der Waals surface area contributed by atoms with E-state index >= 15 is 0 Å². The summed E-state index contributed by atoms with van der Waals surface area (Å²) in [4.78, 5) is 0. The number of rotatable bonds is 5. The van der Waals surface area contributed by atoms with Crippen LogP contribution in [0.2, 0.25) is 78.6 Å². The molecule has 0 aliphatic carbocycles. The Morgan fingerprint density at radius 3 is 1.32 bits per heavy atom. The largest absolute Gasteiger partial charge is 0.394 e. The zero-order chi connectivity index (χ0) is 22.9. The van der Waals surface area contributed by atoms with Crippen molar-refractivity contribution in [1.29, 1.82) is 0 Å². The molecule has 0 amide bonds. The minimum Gasteiger partial charge on any atom is -0.394 e. The van der Waals surface area contributed by atoms with Crippen LogP contribution in [0.3, 0.4) is 0 Å². The average molecular weight is 487 g/mol. The summed E-state index contributed by atoms with van der Waals surface area (Å²) < 4.78 is 6.13. The number of aliphatic hydroxyl groups is 4. The van der Waals surface area contributed by atoms with Gasteiger partial charge in [-0.3, -0.25) is 0 Å². The Hall–Kier alpha value is 0.958. The molecule has 0 aromatic rings. The second-order valence-electron chi connectivity index (χ2n) is 12.7. The number of hydrogen-bond donors (Lipinski definition) is 4. The molecule has 4 N–H and O–H groups in total. The van der Waals surface area contributed by atoms with Crippen molar-refractivity contribution in [2.24, 2.45) is 0 Å². The van der Waals surface area contributed by atoms with Crippen LogP contribution in [0.4, 0.5) is 0 Å². The Kier molecular flexibility index (Phi) is 6.98.